The van der Waals surface area contributed by atoms with Crippen molar-refractivity contribution in [3.8, 4) is 0 Å². The molecule has 0 aromatic rings. The van der Waals surface area contributed by atoms with E-state index in [9.17, 15) is 128 Å². The van der Waals surface area contributed by atoms with Crippen LogP contribution in [-0.2, 0) is 76.7 Å². The molecule has 0 aromatic heterocycles. The number of aliphatic hydroxyl groups excluding tert-OH is 10. The molecule has 0 bridgehead atoms. The van der Waals surface area contributed by atoms with E-state index >= 15 is 0 Å². The van der Waals surface area contributed by atoms with E-state index in [0.717, 1.165) is 68.6 Å². The van der Waals surface area contributed by atoms with Crippen LogP contribution in [0, 0.1) is 0 Å². The van der Waals surface area contributed by atoms with Crippen molar-refractivity contribution in [1.82, 2.24) is 78.8 Å². The first-order valence-electron chi connectivity index (χ1n) is 45.0. The van der Waals surface area contributed by atoms with Gasteiger partial charge in [0, 0.05) is 102 Å². The van der Waals surface area contributed by atoms with Crippen molar-refractivity contribution in [2.24, 2.45) is 5.73 Å². The quantitative estimate of drug-likeness (QED) is 0.0272. The fraction of sp³-hybridized carbons (Fsp3) is 0.814. The molecule has 0 fully saturated rings. The van der Waals surface area contributed by atoms with E-state index in [-0.39, 0.29) is 57.9 Å². The van der Waals surface area contributed by atoms with E-state index in [1.165, 1.54) is 74.1 Å². The Morgan fingerprint density at radius 1 is 0.202 bits per heavy atom. The van der Waals surface area contributed by atoms with Crippen LogP contribution in [0.1, 0.15) is 191 Å². The summed E-state index contributed by atoms with van der Waals surface area (Å²) < 4.78 is 0. The fourth-order valence-electron chi connectivity index (χ4n) is 13.5. The number of carbonyl (C=O) groups excluding carboxylic acids is 16. The zero-order valence-corrected chi connectivity index (χ0v) is 80.7. The lowest BCUT2D eigenvalue weighted by Crippen LogP contribution is -2.56. The van der Waals surface area contributed by atoms with Crippen LogP contribution in [0.25, 0.3) is 0 Å². The number of primary amides is 1. The largest absolute Gasteiger partial charge is 0.392 e. The lowest BCUT2D eigenvalue weighted by atomic mass is 10.2. The minimum absolute atomic E-state index is 0.0509. The lowest BCUT2D eigenvalue weighted by Gasteiger charge is -2.36. The second-order valence-electron chi connectivity index (χ2n) is 34.8. The Kier molecular flexibility index (Phi) is 56.7. The highest BCUT2D eigenvalue weighted by atomic mass is 16.3. The van der Waals surface area contributed by atoms with Gasteiger partial charge in [0.1, 0.15) is 26.2 Å². The van der Waals surface area contributed by atoms with Crippen LogP contribution in [0.2, 0.25) is 0 Å². The predicted molar refractivity (Wildman–Crippen MR) is 477 cm³/mol. The number of nitrogens with one attached hydrogen (secondary N) is 1. The molecule has 0 spiro atoms. The average molecular weight is 1850 g/mol. The van der Waals surface area contributed by atoms with Crippen molar-refractivity contribution < 1.29 is 128 Å². The SMILES string of the molecule is CCC(C)NCC(=O)N(CC(=O)N(CC(=O)N(CC(=O)N(CC(=O)N(CC(=O)N(CC(=O)N(CC(=O)N(CC(=O)N(CC(=O)N(CC(=O)N(CC(=O)N(CC(=O)N(CC(=O)N(CC(=O)N(CC(N)=O)C(C)CC)CC(C)O)CC(C)O)C(C)CC)CC(C)O)CC(C)O)C(C)CC)CC(C)O)CC(C)O)C(C)CC)CC(C)O)CC(C)O)C(C)CC)CC(C)O)CC(C)O. The maximum absolute atomic E-state index is 14.8. The third-order valence-corrected chi connectivity index (χ3v) is 21.6. The predicted octanol–water partition coefficient (Wildman–Crippen LogP) is -4.91. The van der Waals surface area contributed by atoms with Gasteiger partial charge in [-0.05, 0) is 149 Å². The van der Waals surface area contributed by atoms with Crippen molar-refractivity contribution in [3.05, 3.63) is 0 Å². The molecule has 43 nitrogen and oxygen atoms in total. The number of rotatable bonds is 64. The molecule has 0 aliphatic rings. The van der Waals surface area contributed by atoms with E-state index < -0.39 is 330 Å². The van der Waals surface area contributed by atoms with Crippen molar-refractivity contribution in [2.75, 3.05) is 170 Å². The molecule has 0 aromatic carbocycles. The Morgan fingerprint density at radius 2 is 0.333 bits per heavy atom. The van der Waals surface area contributed by atoms with Gasteiger partial charge >= 0.3 is 0 Å². The maximum Gasteiger partial charge on any atom is 0.242 e. The van der Waals surface area contributed by atoms with E-state index in [2.05, 4.69) is 5.32 Å². The molecule has 16 unspecified atom stereocenters. The molecule has 0 radical (unpaired) electrons. The summed E-state index contributed by atoms with van der Waals surface area (Å²) in [7, 11) is 0. The summed E-state index contributed by atoms with van der Waals surface area (Å²) in [4.78, 5) is 243. The Bertz CT molecular complexity index is 3520. The van der Waals surface area contributed by atoms with Gasteiger partial charge in [0.05, 0.1) is 140 Å². The third-order valence-electron chi connectivity index (χ3n) is 21.6. The second kappa shape index (κ2) is 60.9. The summed E-state index contributed by atoms with van der Waals surface area (Å²) in [6, 6.07) is -3.55. The smallest absolute Gasteiger partial charge is 0.242 e. The van der Waals surface area contributed by atoms with Crippen LogP contribution < -0.4 is 11.1 Å². The Hall–Kier alpha value is -8.92. The van der Waals surface area contributed by atoms with Gasteiger partial charge in [-0.3, -0.25) is 76.7 Å². The van der Waals surface area contributed by atoms with Crippen LogP contribution in [0.3, 0.4) is 0 Å². The normalized spacial score (nSPS) is 15.1. The Balaban J connectivity index is 7.33. The summed E-state index contributed by atoms with van der Waals surface area (Å²) in [6.45, 7) is 17.8. The van der Waals surface area contributed by atoms with E-state index in [4.69, 9.17) is 5.73 Å². The Labute approximate surface area is 762 Å². The third kappa shape index (κ3) is 46.1. The highest BCUT2D eigenvalue weighted by Crippen LogP contribution is 2.18. The lowest BCUT2D eigenvalue weighted by molar-refractivity contribution is -0.152. The summed E-state index contributed by atoms with van der Waals surface area (Å²) >= 11 is 0. The summed E-state index contributed by atoms with van der Waals surface area (Å²) in [5.74, 6) is -13.4. The zero-order chi connectivity index (χ0) is 99.5. The molecule has 129 heavy (non-hydrogen) atoms. The van der Waals surface area contributed by atoms with Crippen LogP contribution in [-0.4, -0.2) is 487 Å². The fourth-order valence-corrected chi connectivity index (χ4v) is 13.5. The first kappa shape index (κ1) is 120. The highest BCUT2D eigenvalue weighted by Gasteiger charge is 2.39. The zero-order valence-electron chi connectivity index (χ0n) is 80.7. The Morgan fingerprint density at radius 3 is 0.465 bits per heavy atom. The molecule has 0 saturated carbocycles. The van der Waals surface area contributed by atoms with Crippen molar-refractivity contribution in [1.29, 1.82) is 0 Å². The minimum Gasteiger partial charge on any atom is -0.392 e. The van der Waals surface area contributed by atoms with Crippen molar-refractivity contribution in [3.63, 3.8) is 0 Å². The summed E-state index contributed by atoms with van der Waals surface area (Å²) in [5.41, 5.74) is 5.43. The summed E-state index contributed by atoms with van der Waals surface area (Å²) in [6.07, 6.45) is -10.5. The number of hydrogen-bond donors (Lipinski definition) is 12. The molecule has 744 valence electrons. The standard InChI is InChI=1S/C86H159N17O26/c1-23-55(7)88-29-72(115)89(30-61(13)104)41-73(116)95(36-67(19)110)47-83(126)100(57(9)25-3)51-79(122)91(32-63(15)106)43-75(118)97(38-69(21)112)49-85(128)102(59(11)27-5)53-81(124)93(34-65(17)108)45-77(120)98(39-70(22)113)50-86(129)103(60(12)28-6)54-80(123)92(33-64(16)107)44-76(119)96(37-68(20)111)48-84(127)101(58(10)26-4)52-78(121)90(31-62(14)105)42-74(117)94(35-66(18)109)46-82(125)99(40-71(87)114)56(8)24-2/h55-70,88,104-113H,23-54H2,1-22H3,(H2,87,114). The first-order chi connectivity index (χ1) is 59.9. The van der Waals surface area contributed by atoms with Gasteiger partial charge in [-0.1, -0.05) is 41.5 Å². The van der Waals surface area contributed by atoms with Crippen molar-refractivity contribution in [2.45, 2.75) is 288 Å². The number of nitrogens with zero attached hydrogens (tertiary/aromatic N) is 15. The van der Waals surface area contributed by atoms with Gasteiger partial charge in [-0.25, -0.2) is 0 Å². The van der Waals surface area contributed by atoms with Gasteiger partial charge in [0.25, 0.3) is 0 Å². The molecule has 43 heteroatoms. The maximum atomic E-state index is 14.8. The molecular weight excluding hydrogens is 1690 g/mol. The average Bonchev–Trinajstić information content (AvgIpc) is 0.907. The number of aliphatic hydroxyl groups is 10. The monoisotopic (exact) mass is 1850 g/mol. The van der Waals surface area contributed by atoms with Crippen LogP contribution in [0.5, 0.6) is 0 Å². The summed E-state index contributed by atoms with van der Waals surface area (Å²) in [5, 5.41) is 110. The molecular formula is C86H159N17O26. The first-order valence-corrected chi connectivity index (χ1v) is 45.0. The highest BCUT2D eigenvalue weighted by molar-refractivity contribution is 5.97. The molecule has 0 aliphatic heterocycles. The molecule has 16 amide bonds. The van der Waals surface area contributed by atoms with Crippen LogP contribution >= 0.6 is 0 Å². The van der Waals surface area contributed by atoms with E-state index in [1.54, 1.807) is 69.2 Å². The van der Waals surface area contributed by atoms with Gasteiger partial charge in [0.2, 0.25) is 94.5 Å². The number of amides is 16. The van der Waals surface area contributed by atoms with E-state index in [1.807, 2.05) is 13.8 Å². The number of hydrogen-bond acceptors (Lipinski definition) is 27. The van der Waals surface area contributed by atoms with Gasteiger partial charge < -0.3 is 136 Å². The molecule has 0 heterocycles. The van der Waals surface area contributed by atoms with Gasteiger partial charge in [-0.15, -0.1) is 0 Å². The number of nitrogens with two attached hydrogens (primary N) is 1. The van der Waals surface area contributed by atoms with Crippen molar-refractivity contribution >= 4 is 94.5 Å². The van der Waals surface area contributed by atoms with Gasteiger partial charge in [-0.2, -0.15) is 0 Å². The topological polar surface area (TPSA) is 562 Å². The molecule has 13 N–H and O–H groups in total. The molecule has 16 atom stereocenters. The van der Waals surface area contributed by atoms with Crippen LogP contribution in [0.4, 0.5) is 0 Å². The minimum atomic E-state index is -1.34. The molecule has 0 rings (SSSR count). The molecule has 0 saturated heterocycles. The van der Waals surface area contributed by atoms with E-state index in [0.29, 0.717) is 12.8 Å². The van der Waals surface area contributed by atoms with Gasteiger partial charge in [0.15, 0.2) is 0 Å². The molecule has 0 aliphatic carbocycles. The van der Waals surface area contributed by atoms with Crippen LogP contribution in [0.15, 0.2) is 0 Å². The second-order valence-corrected chi connectivity index (χ2v) is 34.8. The number of carbonyl (C=O) groups is 16.